The van der Waals surface area contributed by atoms with Gasteiger partial charge >= 0.3 is 28.5 Å². The number of carbonyl (C=O) groups excluding carboxylic acids is 2. The van der Waals surface area contributed by atoms with E-state index >= 15 is 0 Å². The van der Waals surface area contributed by atoms with E-state index in [1.165, 1.54) is 4.78 Å². The fraction of sp³-hybridized carbons (Fsp3) is 0.742. The van der Waals surface area contributed by atoms with Gasteiger partial charge in [0.25, 0.3) is 0 Å². The number of halogens is 1. The Kier molecular flexibility index (Phi) is 13.1. The van der Waals surface area contributed by atoms with Crippen LogP contribution in [0.4, 0.5) is 9.59 Å². The number of benzene rings is 1. The van der Waals surface area contributed by atoms with Gasteiger partial charge in [0.1, 0.15) is 5.75 Å². The van der Waals surface area contributed by atoms with Crippen molar-refractivity contribution >= 4 is 28.5 Å². The molecule has 0 unspecified atom stereocenters. The van der Waals surface area contributed by atoms with Gasteiger partial charge in [-0.15, -0.1) is 5.09 Å². The number of hydrazine groups is 1. The first-order chi connectivity index (χ1) is 19.2. The van der Waals surface area contributed by atoms with Gasteiger partial charge in [0.15, 0.2) is 0 Å². The van der Waals surface area contributed by atoms with Crippen molar-refractivity contribution in [2.24, 2.45) is 0 Å². The van der Waals surface area contributed by atoms with Gasteiger partial charge in [0.05, 0.1) is 23.3 Å². The Bertz CT molecular complexity index is 1130. The summed E-state index contributed by atoms with van der Waals surface area (Å²) in [6.07, 6.45) is -2.21. The number of nitrogens with one attached hydrogen (secondary N) is 2. The van der Waals surface area contributed by atoms with E-state index in [-0.39, 0.29) is 23.9 Å². The molecular formula is C31H58ClN5O5P2. The highest BCUT2D eigenvalue weighted by Crippen LogP contribution is 2.91. The number of hydrogen-bond donors (Lipinski definition) is 2. The van der Waals surface area contributed by atoms with Gasteiger partial charge in [-0.2, -0.15) is 5.43 Å². The van der Waals surface area contributed by atoms with E-state index in [9.17, 15) is 9.59 Å². The van der Waals surface area contributed by atoms with Crippen molar-refractivity contribution in [3.63, 3.8) is 0 Å². The summed E-state index contributed by atoms with van der Waals surface area (Å²) in [5, 5.41) is 3.82. The van der Waals surface area contributed by atoms with Crippen molar-refractivity contribution in [1.29, 1.82) is 0 Å². The maximum absolute atomic E-state index is 14.1. The predicted molar refractivity (Wildman–Crippen MR) is 179 cm³/mol. The summed E-state index contributed by atoms with van der Waals surface area (Å²) in [5.74, 6) is 0.835. The number of para-hydroxylation sites is 1. The van der Waals surface area contributed by atoms with E-state index in [0.29, 0.717) is 0 Å². The molecule has 1 fully saturated rings. The minimum absolute atomic E-state index is 0. The van der Waals surface area contributed by atoms with Gasteiger partial charge in [-0.1, -0.05) is 39.0 Å². The molecule has 0 aromatic heterocycles. The third kappa shape index (κ3) is 9.33. The minimum atomic E-state index is -3.17. The lowest BCUT2D eigenvalue weighted by Crippen LogP contribution is -3.00. The Labute approximate surface area is 275 Å². The number of rotatable bonds is 6. The lowest BCUT2D eigenvalue weighted by atomic mass is 9.85. The average molecular weight is 678 g/mol. The third-order valence-electron chi connectivity index (χ3n) is 6.06. The van der Waals surface area contributed by atoms with E-state index in [1.54, 1.807) is 27.7 Å². The van der Waals surface area contributed by atoms with E-state index < -0.39 is 51.2 Å². The lowest BCUT2D eigenvalue weighted by molar-refractivity contribution is -0.0000345. The first-order valence-corrected chi connectivity index (χ1v) is 17.9. The van der Waals surface area contributed by atoms with E-state index in [0.717, 1.165) is 16.9 Å². The second kappa shape index (κ2) is 14.1. The number of ether oxygens (including phenoxy) is 2. The molecule has 1 aliphatic rings. The van der Waals surface area contributed by atoms with Gasteiger partial charge in [0.2, 0.25) is 0 Å². The SMILES string of the molecule is Cc1cccc(C(C)(C)C)c1OP1N(C(C)(C)C)[P+](NC(C)(C)C)(N(NC(=O)OC(C)C)C(=O)OC(C)C)N1C(C)(C)C.[Cl-]. The Morgan fingerprint density at radius 3 is 1.70 bits per heavy atom. The molecule has 0 radical (unpaired) electrons. The van der Waals surface area contributed by atoms with E-state index in [4.69, 9.17) is 14.0 Å². The molecule has 1 aromatic carbocycles. The van der Waals surface area contributed by atoms with Crippen molar-refractivity contribution in [3.05, 3.63) is 29.3 Å². The lowest BCUT2D eigenvalue weighted by Gasteiger charge is -2.62. The highest BCUT2D eigenvalue weighted by Gasteiger charge is 2.83. The fourth-order valence-electron chi connectivity index (χ4n) is 4.79. The third-order valence-corrected chi connectivity index (χ3v) is 14.7. The van der Waals surface area contributed by atoms with Gasteiger partial charge < -0.3 is 26.4 Å². The van der Waals surface area contributed by atoms with Gasteiger partial charge in [-0.25, -0.2) is 9.59 Å². The molecule has 2 rings (SSSR count). The molecule has 0 spiro atoms. The molecule has 1 aliphatic heterocycles. The second-order valence-corrected chi connectivity index (χ2v) is 20.4. The van der Waals surface area contributed by atoms with Crippen LogP contribution in [0, 0.1) is 6.92 Å². The first-order valence-electron chi connectivity index (χ1n) is 15.1. The maximum atomic E-state index is 14.1. The molecule has 0 aliphatic carbocycles. The molecule has 1 heterocycles. The molecule has 44 heavy (non-hydrogen) atoms. The van der Waals surface area contributed by atoms with Crippen LogP contribution in [-0.4, -0.2) is 54.7 Å². The summed E-state index contributed by atoms with van der Waals surface area (Å²) in [5.41, 5.74) is 3.28. The molecule has 0 saturated carbocycles. The zero-order chi connectivity index (χ0) is 33.5. The van der Waals surface area contributed by atoms with E-state index in [1.807, 2.05) is 0 Å². The Morgan fingerprint density at radius 2 is 1.32 bits per heavy atom. The van der Waals surface area contributed by atoms with Crippen molar-refractivity contribution in [2.75, 3.05) is 0 Å². The monoisotopic (exact) mass is 677 g/mol. The molecular weight excluding hydrogens is 620 g/mol. The number of hydrogen-bond acceptors (Lipinski definition) is 8. The number of nitrogens with zero attached hydrogens (tertiary/aromatic N) is 3. The van der Waals surface area contributed by atoms with Crippen molar-refractivity contribution in [1.82, 2.24) is 24.2 Å². The van der Waals surface area contributed by atoms with Crippen LogP contribution in [-0.2, 0) is 14.9 Å². The van der Waals surface area contributed by atoms with E-state index in [2.05, 4.69) is 128 Å². The summed E-state index contributed by atoms with van der Waals surface area (Å²) >= 11 is 0. The van der Waals surface area contributed by atoms with Gasteiger partial charge in [-0.3, -0.25) is 0 Å². The number of carbonyl (C=O) groups is 2. The average Bonchev–Trinajstić information content (AvgIpc) is 2.72. The second-order valence-electron chi connectivity index (χ2n) is 15.7. The number of aryl methyl sites for hydroxylation is 1. The Balaban J connectivity index is 0.00000968. The van der Waals surface area contributed by atoms with Crippen LogP contribution in [0.25, 0.3) is 0 Å². The molecule has 0 atom stereocenters. The van der Waals surface area contributed by atoms with Crippen LogP contribution in [0.2, 0.25) is 0 Å². The van der Waals surface area contributed by atoms with Crippen LogP contribution in [0.1, 0.15) is 122 Å². The topological polar surface area (TPSA) is 95.6 Å². The molecule has 2 amide bonds. The highest BCUT2D eigenvalue weighted by molar-refractivity contribution is 7.89. The minimum Gasteiger partial charge on any atom is -1.00 e. The smallest absolute Gasteiger partial charge is 0.466 e. The standard InChI is InChI=1S/C31H57N5O5P2.ClH/c1-21(2)39-26(37)32-34(27(38)40-22(3)4)43(33-29(9,10)11)35(30(12,13)14)42(36(43)31(15,16)17)41-25-23(5)19-18-20-24(25)28(6,7)8;/h18-22,33H,1-17H3;1H. The van der Waals surface area contributed by atoms with Crippen LogP contribution in [0.3, 0.4) is 0 Å². The van der Waals surface area contributed by atoms with Crippen LogP contribution >= 0.6 is 16.3 Å². The molecule has 2 N–H and O–H groups in total. The first kappa shape index (κ1) is 40.6. The summed E-state index contributed by atoms with van der Waals surface area (Å²) in [4.78, 5) is 27.3. The summed E-state index contributed by atoms with van der Waals surface area (Å²) < 4.78 is 24.3. The molecule has 13 heteroatoms. The zero-order valence-electron chi connectivity index (χ0n) is 30.0. The Morgan fingerprint density at radius 1 is 0.841 bits per heavy atom. The molecule has 1 saturated heterocycles. The quantitative estimate of drug-likeness (QED) is 0.277. The Hall–Kier alpha value is -1.41. The van der Waals surface area contributed by atoms with Crippen LogP contribution < -0.4 is 27.4 Å². The number of amides is 2. The van der Waals surface area contributed by atoms with Crippen molar-refractivity contribution in [2.45, 2.75) is 152 Å². The molecule has 1 aromatic rings. The highest BCUT2D eigenvalue weighted by atomic mass is 35.5. The zero-order valence-corrected chi connectivity index (χ0v) is 32.6. The van der Waals surface area contributed by atoms with Crippen LogP contribution in [0.5, 0.6) is 5.75 Å². The van der Waals surface area contributed by atoms with Gasteiger partial charge in [-0.05, 0) is 122 Å². The van der Waals surface area contributed by atoms with Crippen LogP contribution in [0.15, 0.2) is 18.2 Å². The summed E-state index contributed by atoms with van der Waals surface area (Å²) in [6, 6.07) is 6.24. The predicted octanol–water partition coefficient (Wildman–Crippen LogP) is 6.08. The molecule has 10 nitrogen and oxygen atoms in total. The largest absolute Gasteiger partial charge is 1.00 e. The van der Waals surface area contributed by atoms with Crippen molar-refractivity contribution < 1.29 is 36.0 Å². The molecule has 254 valence electrons. The van der Waals surface area contributed by atoms with Gasteiger partial charge in [0, 0.05) is 11.1 Å². The summed E-state index contributed by atoms with van der Waals surface area (Å²) in [6.45, 7) is 34.5. The van der Waals surface area contributed by atoms with Crippen molar-refractivity contribution in [3.8, 4) is 5.75 Å². The summed E-state index contributed by atoms with van der Waals surface area (Å²) in [7, 11) is -4.68. The maximum Gasteiger partial charge on any atom is 0.466 e. The fourth-order valence-corrected chi connectivity index (χ4v) is 13.5. The normalized spacial score (nSPS) is 20.1. The molecule has 0 bridgehead atoms.